The Hall–Kier alpha value is -1.84. The van der Waals surface area contributed by atoms with Crippen LogP contribution < -0.4 is 0 Å². The predicted octanol–water partition coefficient (Wildman–Crippen LogP) is 3.28. The summed E-state index contributed by atoms with van der Waals surface area (Å²) in [5.41, 5.74) is 0.991. The van der Waals surface area contributed by atoms with Gasteiger partial charge in [0.1, 0.15) is 5.84 Å². The van der Waals surface area contributed by atoms with E-state index in [4.69, 9.17) is 9.98 Å². The zero-order chi connectivity index (χ0) is 14.5. The molecular formula is C17H24N4. The van der Waals surface area contributed by atoms with Crippen LogP contribution in [0, 0.1) is 0 Å². The van der Waals surface area contributed by atoms with E-state index in [1.807, 2.05) is 30.3 Å². The Bertz CT molecular complexity index is 515. The van der Waals surface area contributed by atoms with Crippen molar-refractivity contribution in [3.8, 4) is 0 Å². The van der Waals surface area contributed by atoms with Gasteiger partial charge in [-0.05, 0) is 38.3 Å². The van der Waals surface area contributed by atoms with Crippen LogP contribution in [-0.4, -0.2) is 47.8 Å². The number of guanidine groups is 1. The van der Waals surface area contributed by atoms with Crippen LogP contribution in [0.15, 0.2) is 40.3 Å². The van der Waals surface area contributed by atoms with E-state index in [1.165, 1.54) is 25.1 Å². The van der Waals surface area contributed by atoms with Crippen LogP contribution in [0.25, 0.3) is 0 Å². The molecule has 0 unspecified atom stereocenters. The van der Waals surface area contributed by atoms with Gasteiger partial charge < -0.3 is 9.80 Å². The molecule has 0 radical (unpaired) electrons. The molecule has 0 N–H and O–H groups in total. The molecule has 0 saturated carbocycles. The third kappa shape index (κ3) is 3.43. The molecule has 0 amide bonds. The number of amidine groups is 1. The molecule has 0 spiro atoms. The van der Waals surface area contributed by atoms with Crippen molar-refractivity contribution in [3.63, 3.8) is 0 Å². The topological polar surface area (TPSA) is 31.2 Å². The molecule has 0 aromatic heterocycles. The van der Waals surface area contributed by atoms with Crippen molar-refractivity contribution in [2.24, 2.45) is 9.98 Å². The van der Waals surface area contributed by atoms with E-state index in [9.17, 15) is 0 Å². The average molecular weight is 284 g/mol. The zero-order valence-electron chi connectivity index (χ0n) is 12.8. The van der Waals surface area contributed by atoms with Crippen LogP contribution >= 0.6 is 0 Å². The second kappa shape index (κ2) is 6.74. The predicted molar refractivity (Wildman–Crippen MR) is 88.3 cm³/mol. The summed E-state index contributed by atoms with van der Waals surface area (Å²) in [5.74, 6) is 2.10. The fourth-order valence-electron chi connectivity index (χ4n) is 3.00. The van der Waals surface area contributed by atoms with Gasteiger partial charge in [0.05, 0.1) is 5.69 Å². The molecule has 1 aromatic rings. The lowest BCUT2D eigenvalue weighted by Gasteiger charge is -2.20. The second-order valence-electron chi connectivity index (χ2n) is 5.65. The van der Waals surface area contributed by atoms with E-state index < -0.39 is 0 Å². The van der Waals surface area contributed by atoms with Gasteiger partial charge in [-0.3, -0.25) is 0 Å². The highest BCUT2D eigenvalue weighted by Gasteiger charge is 2.21. The van der Waals surface area contributed by atoms with Crippen LogP contribution in [0.5, 0.6) is 0 Å². The highest BCUT2D eigenvalue weighted by atomic mass is 15.3. The summed E-state index contributed by atoms with van der Waals surface area (Å²) in [7, 11) is 0. The first-order chi connectivity index (χ1) is 10.4. The summed E-state index contributed by atoms with van der Waals surface area (Å²) >= 11 is 0. The largest absolute Gasteiger partial charge is 0.360 e. The Balaban J connectivity index is 1.89. The van der Waals surface area contributed by atoms with Gasteiger partial charge in [0, 0.05) is 32.6 Å². The van der Waals surface area contributed by atoms with Gasteiger partial charge in [-0.2, -0.15) is 4.99 Å². The van der Waals surface area contributed by atoms with Gasteiger partial charge in [-0.1, -0.05) is 18.2 Å². The summed E-state index contributed by atoms with van der Waals surface area (Å²) in [6, 6.07) is 10.2. The maximum atomic E-state index is 4.92. The van der Waals surface area contributed by atoms with Crippen molar-refractivity contribution in [2.45, 2.75) is 32.6 Å². The summed E-state index contributed by atoms with van der Waals surface area (Å²) in [4.78, 5) is 14.4. The van der Waals surface area contributed by atoms with E-state index >= 15 is 0 Å². The first kappa shape index (κ1) is 14.1. The first-order valence-corrected chi connectivity index (χ1v) is 8.08. The number of nitrogens with zero attached hydrogens (tertiary/aromatic N) is 4. The zero-order valence-corrected chi connectivity index (χ0v) is 12.8. The molecule has 4 nitrogen and oxygen atoms in total. The molecule has 1 aromatic carbocycles. The van der Waals surface area contributed by atoms with Crippen molar-refractivity contribution in [1.29, 1.82) is 0 Å². The lowest BCUT2D eigenvalue weighted by Crippen LogP contribution is -2.30. The maximum absolute atomic E-state index is 4.92. The van der Waals surface area contributed by atoms with Gasteiger partial charge in [-0.15, -0.1) is 0 Å². The smallest absolute Gasteiger partial charge is 0.227 e. The Kier molecular flexibility index (Phi) is 4.53. The average Bonchev–Trinajstić information content (AvgIpc) is 3.19. The molecule has 2 heterocycles. The van der Waals surface area contributed by atoms with E-state index in [0.717, 1.165) is 44.2 Å². The van der Waals surface area contributed by atoms with E-state index in [0.29, 0.717) is 0 Å². The Morgan fingerprint density at radius 1 is 1.05 bits per heavy atom. The minimum atomic E-state index is 0.897. The summed E-state index contributed by atoms with van der Waals surface area (Å²) < 4.78 is 0. The van der Waals surface area contributed by atoms with Crippen LogP contribution in [0.4, 0.5) is 5.69 Å². The third-order valence-electron chi connectivity index (χ3n) is 4.18. The van der Waals surface area contributed by atoms with Gasteiger partial charge in [0.2, 0.25) is 5.96 Å². The molecule has 21 heavy (non-hydrogen) atoms. The maximum Gasteiger partial charge on any atom is 0.227 e. The molecule has 2 fully saturated rings. The van der Waals surface area contributed by atoms with Crippen molar-refractivity contribution in [1.82, 2.24) is 9.80 Å². The molecular weight excluding hydrogens is 260 g/mol. The monoisotopic (exact) mass is 284 g/mol. The molecule has 112 valence electrons. The lowest BCUT2D eigenvalue weighted by molar-refractivity contribution is 0.475. The SMILES string of the molecule is CCN1CCCC1=NC(=Nc1ccccc1)N1CCCC1. The van der Waals surface area contributed by atoms with E-state index in [2.05, 4.69) is 16.7 Å². The fourth-order valence-corrected chi connectivity index (χ4v) is 3.00. The van der Waals surface area contributed by atoms with Crippen molar-refractivity contribution >= 4 is 17.5 Å². The molecule has 2 aliphatic rings. The molecule has 4 heteroatoms. The van der Waals surface area contributed by atoms with Gasteiger partial charge >= 0.3 is 0 Å². The van der Waals surface area contributed by atoms with Gasteiger partial charge in [0.25, 0.3) is 0 Å². The lowest BCUT2D eigenvalue weighted by atomic mass is 10.3. The number of likely N-dealkylation sites (tertiary alicyclic amines) is 2. The van der Waals surface area contributed by atoms with Gasteiger partial charge in [-0.25, -0.2) is 4.99 Å². The van der Waals surface area contributed by atoms with Crippen LogP contribution in [0.2, 0.25) is 0 Å². The van der Waals surface area contributed by atoms with E-state index in [1.54, 1.807) is 0 Å². The van der Waals surface area contributed by atoms with E-state index in [-0.39, 0.29) is 0 Å². The summed E-state index contributed by atoms with van der Waals surface area (Å²) in [6.07, 6.45) is 4.78. The van der Waals surface area contributed by atoms with Gasteiger partial charge in [0.15, 0.2) is 0 Å². The Morgan fingerprint density at radius 3 is 2.52 bits per heavy atom. The van der Waals surface area contributed by atoms with Crippen molar-refractivity contribution < 1.29 is 0 Å². The second-order valence-corrected chi connectivity index (χ2v) is 5.65. The minimum Gasteiger partial charge on any atom is -0.360 e. The van der Waals surface area contributed by atoms with Crippen LogP contribution in [0.3, 0.4) is 0 Å². The normalized spacial score (nSPS) is 21.6. The number of rotatable bonds is 2. The number of aliphatic imine (C=N–C) groups is 2. The van der Waals surface area contributed by atoms with Crippen LogP contribution in [-0.2, 0) is 0 Å². The molecule has 2 saturated heterocycles. The molecule has 3 rings (SSSR count). The third-order valence-corrected chi connectivity index (χ3v) is 4.18. The summed E-state index contributed by atoms with van der Waals surface area (Å²) in [5, 5.41) is 0. The van der Waals surface area contributed by atoms with Crippen LogP contribution in [0.1, 0.15) is 32.6 Å². The highest BCUT2D eigenvalue weighted by Crippen LogP contribution is 2.18. The molecule has 0 bridgehead atoms. The van der Waals surface area contributed by atoms with Crippen molar-refractivity contribution in [2.75, 3.05) is 26.2 Å². The highest BCUT2D eigenvalue weighted by molar-refractivity contribution is 5.97. The molecule has 0 aliphatic carbocycles. The number of para-hydroxylation sites is 1. The Labute approximate surface area is 127 Å². The molecule has 2 aliphatic heterocycles. The molecule has 0 atom stereocenters. The first-order valence-electron chi connectivity index (χ1n) is 8.08. The number of hydrogen-bond donors (Lipinski definition) is 0. The quantitative estimate of drug-likeness (QED) is 0.616. The van der Waals surface area contributed by atoms with Crippen molar-refractivity contribution in [3.05, 3.63) is 30.3 Å². The number of benzene rings is 1. The summed E-state index contributed by atoms with van der Waals surface area (Å²) in [6.45, 7) is 6.53. The standard InChI is InChI=1S/C17H24N4/c1-2-20-14-8-11-16(20)19-17(21-12-6-7-13-21)18-15-9-4-3-5-10-15/h3-5,9-10H,2,6-8,11-14H2,1H3. The Morgan fingerprint density at radius 2 is 1.81 bits per heavy atom. The minimum absolute atomic E-state index is 0.897. The fraction of sp³-hybridized carbons (Fsp3) is 0.529. The number of hydrogen-bond acceptors (Lipinski definition) is 1.